The summed E-state index contributed by atoms with van der Waals surface area (Å²) in [5.41, 5.74) is 0. The van der Waals surface area contributed by atoms with Crippen LogP contribution in [0.1, 0.15) is 4.88 Å². The molecule has 0 radical (unpaired) electrons. The highest BCUT2D eigenvalue weighted by Crippen LogP contribution is 2.16. The fraction of sp³-hybridized carbons (Fsp3) is 0. The summed E-state index contributed by atoms with van der Waals surface area (Å²) in [6, 6.07) is 2.01. The predicted octanol–water partition coefficient (Wildman–Crippen LogP) is 2.33. The van der Waals surface area contributed by atoms with Crippen LogP contribution in [0.5, 0.6) is 0 Å². The van der Waals surface area contributed by atoms with Crippen LogP contribution in [-0.2, 0) is 0 Å². The number of thiophene rings is 1. The highest BCUT2D eigenvalue weighted by molar-refractivity contribution is 14.1. The number of hydrogen-bond acceptors (Lipinski definition) is 1. The Labute approximate surface area is 66.1 Å². The van der Waals surface area contributed by atoms with Crippen molar-refractivity contribution in [2.75, 3.05) is 0 Å². The molecule has 0 atom stereocenters. The summed E-state index contributed by atoms with van der Waals surface area (Å²) in [6.45, 7) is 0. The van der Waals surface area contributed by atoms with Gasteiger partial charge in [-0.15, -0.1) is 17.8 Å². The van der Waals surface area contributed by atoms with Crippen LogP contribution in [-0.4, -0.2) is 0 Å². The zero-order valence-corrected chi connectivity index (χ0v) is 6.99. The van der Waals surface area contributed by atoms with Gasteiger partial charge in [-0.3, -0.25) is 0 Å². The zero-order valence-electron chi connectivity index (χ0n) is 4.02. The molecule has 0 aromatic carbocycles. The molecule has 40 valence electrons. The fourth-order valence-electron chi connectivity index (χ4n) is 0.397. The molecular formula is C6H3IS. The Morgan fingerprint density at radius 2 is 2.50 bits per heavy atom. The van der Waals surface area contributed by atoms with Crippen LogP contribution < -0.4 is 0 Å². The first-order chi connectivity index (χ1) is 3.84. The van der Waals surface area contributed by atoms with Crippen LogP contribution in [0.2, 0.25) is 0 Å². The Hall–Kier alpha value is -0.0100. The van der Waals surface area contributed by atoms with Crippen molar-refractivity contribution in [2.24, 2.45) is 0 Å². The summed E-state index contributed by atoms with van der Waals surface area (Å²) >= 11 is 3.83. The average Bonchev–Trinajstić information content (AvgIpc) is 2.14. The van der Waals surface area contributed by atoms with Crippen molar-refractivity contribution in [1.82, 2.24) is 0 Å². The maximum absolute atomic E-state index is 5.15. The van der Waals surface area contributed by atoms with E-state index in [1.807, 2.05) is 11.4 Å². The molecule has 0 spiro atoms. The minimum atomic E-state index is 1.03. The van der Waals surface area contributed by atoms with E-state index in [-0.39, 0.29) is 0 Å². The number of hydrogen-bond donors (Lipinski definition) is 0. The lowest BCUT2D eigenvalue weighted by Gasteiger charge is -1.77. The van der Waals surface area contributed by atoms with Crippen molar-refractivity contribution in [1.29, 1.82) is 0 Å². The maximum Gasteiger partial charge on any atom is 0.0898 e. The number of halogens is 1. The van der Waals surface area contributed by atoms with E-state index in [1.165, 1.54) is 3.57 Å². The molecule has 0 unspecified atom stereocenters. The minimum absolute atomic E-state index is 1.03. The third-order valence-electron chi connectivity index (χ3n) is 0.748. The molecular weight excluding hydrogens is 231 g/mol. The van der Waals surface area contributed by atoms with Crippen molar-refractivity contribution < 1.29 is 0 Å². The van der Waals surface area contributed by atoms with E-state index < -0.39 is 0 Å². The fourth-order valence-corrected chi connectivity index (χ4v) is 1.95. The highest BCUT2D eigenvalue weighted by atomic mass is 127. The van der Waals surface area contributed by atoms with E-state index in [1.54, 1.807) is 11.3 Å². The predicted molar refractivity (Wildman–Crippen MR) is 45.0 cm³/mol. The standard InChI is InChI=1S/C6H3IS/c1-2-6-5(7)3-4-8-6/h1,3-4H. The van der Waals surface area contributed by atoms with Gasteiger partial charge in [0.2, 0.25) is 0 Å². The van der Waals surface area contributed by atoms with Gasteiger partial charge in [0.25, 0.3) is 0 Å². The van der Waals surface area contributed by atoms with Crippen LogP contribution in [0.3, 0.4) is 0 Å². The summed E-state index contributed by atoms with van der Waals surface area (Å²) in [7, 11) is 0. The monoisotopic (exact) mass is 234 g/mol. The second-order valence-electron chi connectivity index (χ2n) is 1.24. The molecule has 0 saturated heterocycles. The maximum atomic E-state index is 5.15. The van der Waals surface area contributed by atoms with Crippen molar-refractivity contribution in [3.8, 4) is 12.3 Å². The Morgan fingerprint density at radius 1 is 1.75 bits per heavy atom. The van der Waals surface area contributed by atoms with E-state index in [2.05, 4.69) is 28.5 Å². The lowest BCUT2D eigenvalue weighted by atomic mass is 10.5. The Morgan fingerprint density at radius 3 is 2.75 bits per heavy atom. The smallest absolute Gasteiger partial charge is 0.0898 e. The van der Waals surface area contributed by atoms with Gasteiger partial charge >= 0.3 is 0 Å². The second-order valence-corrected chi connectivity index (χ2v) is 3.32. The lowest BCUT2D eigenvalue weighted by Crippen LogP contribution is -1.63. The first-order valence-electron chi connectivity index (χ1n) is 2.04. The highest BCUT2D eigenvalue weighted by Gasteiger charge is 1.92. The molecule has 0 nitrogen and oxygen atoms in total. The molecule has 1 rings (SSSR count). The third kappa shape index (κ3) is 1.04. The van der Waals surface area contributed by atoms with E-state index >= 15 is 0 Å². The van der Waals surface area contributed by atoms with E-state index in [9.17, 15) is 0 Å². The molecule has 0 aliphatic heterocycles. The first kappa shape index (κ1) is 6.12. The summed E-state index contributed by atoms with van der Waals surface area (Å²) in [6.07, 6.45) is 5.15. The van der Waals surface area contributed by atoms with Crippen LogP contribution in [0.15, 0.2) is 11.4 Å². The van der Waals surface area contributed by atoms with Crippen LogP contribution in [0, 0.1) is 15.9 Å². The average molecular weight is 234 g/mol. The second kappa shape index (κ2) is 2.51. The molecule has 8 heavy (non-hydrogen) atoms. The van der Waals surface area contributed by atoms with Gasteiger partial charge in [-0.05, 0) is 34.0 Å². The van der Waals surface area contributed by atoms with Gasteiger partial charge < -0.3 is 0 Å². The van der Waals surface area contributed by atoms with Crippen molar-refractivity contribution >= 4 is 33.9 Å². The Bertz CT molecular complexity index is 219. The van der Waals surface area contributed by atoms with Gasteiger partial charge in [0, 0.05) is 3.57 Å². The molecule has 0 fully saturated rings. The van der Waals surface area contributed by atoms with Crippen molar-refractivity contribution in [3.05, 3.63) is 19.9 Å². The van der Waals surface area contributed by atoms with Gasteiger partial charge in [0.1, 0.15) is 0 Å². The molecule has 0 aliphatic rings. The molecule has 0 amide bonds. The third-order valence-corrected chi connectivity index (χ3v) is 2.86. The first-order valence-corrected chi connectivity index (χ1v) is 4.00. The number of terminal acetylenes is 1. The molecule has 0 aliphatic carbocycles. The number of rotatable bonds is 0. The summed E-state index contributed by atoms with van der Waals surface area (Å²) in [5.74, 6) is 2.59. The van der Waals surface area contributed by atoms with Crippen molar-refractivity contribution in [2.45, 2.75) is 0 Å². The lowest BCUT2D eigenvalue weighted by molar-refractivity contribution is 1.82. The summed E-state index contributed by atoms with van der Waals surface area (Å²) in [4.78, 5) is 1.03. The molecule has 0 N–H and O–H groups in total. The molecule has 0 bridgehead atoms. The molecule has 1 aromatic heterocycles. The van der Waals surface area contributed by atoms with Crippen LogP contribution in [0.25, 0.3) is 0 Å². The normalized spacial score (nSPS) is 8.50. The van der Waals surface area contributed by atoms with Gasteiger partial charge in [0.05, 0.1) is 4.88 Å². The quantitative estimate of drug-likeness (QED) is 0.477. The summed E-state index contributed by atoms with van der Waals surface area (Å²) in [5, 5.41) is 2.00. The molecule has 1 heterocycles. The molecule has 1 aromatic rings. The summed E-state index contributed by atoms with van der Waals surface area (Å²) < 4.78 is 1.18. The Balaban J connectivity index is 3.15. The van der Waals surface area contributed by atoms with Gasteiger partial charge in [0.15, 0.2) is 0 Å². The van der Waals surface area contributed by atoms with E-state index in [0.29, 0.717) is 0 Å². The van der Waals surface area contributed by atoms with E-state index in [0.717, 1.165) is 4.88 Å². The topological polar surface area (TPSA) is 0 Å². The van der Waals surface area contributed by atoms with Crippen LogP contribution in [0.4, 0.5) is 0 Å². The van der Waals surface area contributed by atoms with E-state index in [4.69, 9.17) is 6.42 Å². The van der Waals surface area contributed by atoms with Gasteiger partial charge in [-0.25, -0.2) is 0 Å². The Kier molecular flexibility index (Phi) is 1.92. The van der Waals surface area contributed by atoms with Gasteiger partial charge in [-0.2, -0.15) is 0 Å². The zero-order chi connectivity index (χ0) is 5.98. The minimum Gasteiger partial charge on any atom is -0.134 e. The molecule has 2 heteroatoms. The molecule has 0 saturated carbocycles. The van der Waals surface area contributed by atoms with Crippen LogP contribution >= 0.6 is 33.9 Å². The van der Waals surface area contributed by atoms with Gasteiger partial charge in [-0.1, -0.05) is 5.92 Å². The largest absolute Gasteiger partial charge is 0.134 e. The SMILES string of the molecule is C#Cc1sccc1I. The van der Waals surface area contributed by atoms with Crippen molar-refractivity contribution in [3.63, 3.8) is 0 Å².